The van der Waals surface area contributed by atoms with Crippen molar-refractivity contribution in [3.8, 4) is 6.07 Å². The highest BCUT2D eigenvalue weighted by atomic mass is 16.3. The molecule has 0 aromatic heterocycles. The van der Waals surface area contributed by atoms with Gasteiger partial charge in [-0.25, -0.2) is 0 Å². The van der Waals surface area contributed by atoms with Crippen LogP contribution in [0.15, 0.2) is 24.3 Å². The zero-order valence-electron chi connectivity index (χ0n) is 12.8. The van der Waals surface area contributed by atoms with Crippen LogP contribution in [-0.4, -0.2) is 18.2 Å². The number of hydrogen-bond acceptors (Lipinski definition) is 3. The minimum atomic E-state index is -0.521. The van der Waals surface area contributed by atoms with E-state index in [4.69, 9.17) is 5.26 Å². The lowest BCUT2D eigenvalue weighted by Gasteiger charge is -2.13. The van der Waals surface area contributed by atoms with Gasteiger partial charge in [-0.15, -0.1) is 0 Å². The molecule has 1 aromatic carbocycles. The van der Waals surface area contributed by atoms with Crippen LogP contribution >= 0.6 is 0 Å². The molecular weight excluding hydrogens is 248 g/mol. The molecule has 20 heavy (non-hydrogen) atoms. The summed E-state index contributed by atoms with van der Waals surface area (Å²) in [6.45, 7) is 10.7. The van der Waals surface area contributed by atoms with Gasteiger partial charge in [0.25, 0.3) is 0 Å². The van der Waals surface area contributed by atoms with Gasteiger partial charge in [0, 0.05) is 6.54 Å². The Labute approximate surface area is 121 Å². The van der Waals surface area contributed by atoms with E-state index < -0.39 is 6.10 Å². The molecule has 0 bridgehead atoms. The van der Waals surface area contributed by atoms with E-state index >= 15 is 0 Å². The van der Waals surface area contributed by atoms with Crippen molar-refractivity contribution in [3.05, 3.63) is 35.4 Å². The fourth-order valence-electron chi connectivity index (χ4n) is 3.11. The molecular formula is C17H24N2O. The van der Waals surface area contributed by atoms with Crippen LogP contribution < -0.4 is 5.32 Å². The molecule has 2 N–H and O–H groups in total. The molecule has 3 nitrogen and oxygen atoms in total. The molecule has 108 valence electrons. The molecule has 1 atom stereocenters. The highest BCUT2D eigenvalue weighted by molar-refractivity contribution is 5.32. The highest BCUT2D eigenvalue weighted by Crippen LogP contribution is 2.67. The highest BCUT2D eigenvalue weighted by Gasteiger charge is 2.63. The van der Waals surface area contributed by atoms with Crippen LogP contribution in [0, 0.1) is 28.1 Å². The molecule has 0 amide bonds. The Kier molecular flexibility index (Phi) is 3.90. The Morgan fingerprint density at radius 2 is 1.75 bits per heavy atom. The second-order valence-corrected chi connectivity index (χ2v) is 6.90. The third-order valence-corrected chi connectivity index (χ3v) is 5.43. The van der Waals surface area contributed by atoms with Gasteiger partial charge in [-0.05, 0) is 41.0 Å². The lowest BCUT2D eigenvalue weighted by atomic mass is 10.0. The SMILES string of the molecule is CC1(C)C(CNCC(O)c2ccc(C#N)cc2)C1(C)C. The summed E-state index contributed by atoms with van der Waals surface area (Å²) in [6, 6.07) is 9.19. The molecule has 0 radical (unpaired) electrons. The average molecular weight is 272 g/mol. The Bertz CT molecular complexity index is 497. The van der Waals surface area contributed by atoms with E-state index in [2.05, 4.69) is 39.1 Å². The van der Waals surface area contributed by atoms with Crippen LogP contribution in [0.5, 0.6) is 0 Å². The first-order valence-electron chi connectivity index (χ1n) is 7.19. The zero-order valence-corrected chi connectivity index (χ0v) is 12.8. The van der Waals surface area contributed by atoms with E-state index in [0.29, 0.717) is 28.9 Å². The summed E-state index contributed by atoms with van der Waals surface area (Å²) >= 11 is 0. The van der Waals surface area contributed by atoms with Crippen molar-refractivity contribution in [3.63, 3.8) is 0 Å². The van der Waals surface area contributed by atoms with Crippen molar-refractivity contribution in [1.29, 1.82) is 5.26 Å². The average Bonchev–Trinajstić information content (AvgIpc) is 2.81. The monoisotopic (exact) mass is 272 g/mol. The summed E-state index contributed by atoms with van der Waals surface area (Å²) in [5.74, 6) is 0.656. The number of aliphatic hydroxyl groups excluding tert-OH is 1. The molecule has 1 fully saturated rings. The Morgan fingerprint density at radius 1 is 1.20 bits per heavy atom. The molecule has 0 spiro atoms. The van der Waals surface area contributed by atoms with E-state index in [0.717, 1.165) is 12.1 Å². The number of aliphatic hydroxyl groups is 1. The van der Waals surface area contributed by atoms with Gasteiger partial charge in [-0.1, -0.05) is 39.8 Å². The van der Waals surface area contributed by atoms with E-state index in [-0.39, 0.29) is 0 Å². The van der Waals surface area contributed by atoms with Crippen LogP contribution in [0.1, 0.15) is 44.9 Å². The molecule has 0 aliphatic heterocycles. The molecule has 0 saturated heterocycles. The normalized spacial score (nSPS) is 21.2. The van der Waals surface area contributed by atoms with Crippen molar-refractivity contribution in [2.45, 2.75) is 33.8 Å². The molecule has 0 heterocycles. The van der Waals surface area contributed by atoms with Crippen molar-refractivity contribution < 1.29 is 5.11 Å². The van der Waals surface area contributed by atoms with Crippen LogP contribution in [0.25, 0.3) is 0 Å². The number of rotatable bonds is 5. The van der Waals surface area contributed by atoms with Gasteiger partial charge in [0.2, 0.25) is 0 Å². The smallest absolute Gasteiger partial charge is 0.0991 e. The summed E-state index contributed by atoms with van der Waals surface area (Å²) in [5.41, 5.74) is 2.22. The van der Waals surface area contributed by atoms with Crippen LogP contribution in [0.2, 0.25) is 0 Å². The quantitative estimate of drug-likeness (QED) is 0.866. The second-order valence-electron chi connectivity index (χ2n) is 6.90. The van der Waals surface area contributed by atoms with Gasteiger partial charge >= 0.3 is 0 Å². The maximum Gasteiger partial charge on any atom is 0.0991 e. The molecule has 1 aliphatic carbocycles. The molecule has 2 rings (SSSR count). The van der Waals surface area contributed by atoms with Crippen LogP contribution in [-0.2, 0) is 0 Å². The third kappa shape index (κ3) is 2.59. The number of nitriles is 1. The maximum atomic E-state index is 10.1. The minimum Gasteiger partial charge on any atom is -0.387 e. The fraction of sp³-hybridized carbons (Fsp3) is 0.588. The predicted octanol–water partition coefficient (Wildman–Crippen LogP) is 2.86. The van der Waals surface area contributed by atoms with E-state index in [1.807, 2.05) is 12.1 Å². The topological polar surface area (TPSA) is 56.0 Å². The Morgan fingerprint density at radius 3 is 2.20 bits per heavy atom. The fourth-order valence-corrected chi connectivity index (χ4v) is 3.11. The predicted molar refractivity (Wildman–Crippen MR) is 80.0 cm³/mol. The van der Waals surface area contributed by atoms with Gasteiger partial charge in [-0.3, -0.25) is 0 Å². The first-order valence-corrected chi connectivity index (χ1v) is 7.19. The Hall–Kier alpha value is -1.37. The first kappa shape index (κ1) is 15.0. The van der Waals surface area contributed by atoms with E-state index in [1.54, 1.807) is 12.1 Å². The summed E-state index contributed by atoms with van der Waals surface area (Å²) in [7, 11) is 0. The number of nitrogens with zero attached hydrogens (tertiary/aromatic N) is 1. The third-order valence-electron chi connectivity index (χ3n) is 5.43. The summed E-state index contributed by atoms with van der Waals surface area (Å²) in [5, 5.41) is 22.3. The lowest BCUT2D eigenvalue weighted by Crippen LogP contribution is -2.25. The van der Waals surface area contributed by atoms with Gasteiger partial charge in [0.1, 0.15) is 0 Å². The number of hydrogen-bond donors (Lipinski definition) is 2. The van der Waals surface area contributed by atoms with Gasteiger partial charge in [-0.2, -0.15) is 5.26 Å². The lowest BCUT2D eigenvalue weighted by molar-refractivity contribution is 0.173. The molecule has 1 saturated carbocycles. The molecule has 1 aliphatic rings. The van der Waals surface area contributed by atoms with Crippen molar-refractivity contribution in [2.24, 2.45) is 16.7 Å². The first-order chi connectivity index (χ1) is 9.30. The van der Waals surface area contributed by atoms with Gasteiger partial charge in [0.05, 0.1) is 17.7 Å². The van der Waals surface area contributed by atoms with E-state index in [9.17, 15) is 5.11 Å². The molecule has 3 heteroatoms. The Balaban J connectivity index is 1.81. The summed E-state index contributed by atoms with van der Waals surface area (Å²) < 4.78 is 0. The number of benzene rings is 1. The van der Waals surface area contributed by atoms with Crippen molar-refractivity contribution in [2.75, 3.05) is 13.1 Å². The summed E-state index contributed by atoms with van der Waals surface area (Å²) in [6.07, 6.45) is -0.521. The number of nitrogens with one attached hydrogen (secondary N) is 1. The van der Waals surface area contributed by atoms with Crippen LogP contribution in [0.4, 0.5) is 0 Å². The minimum absolute atomic E-state index is 0.374. The zero-order chi connectivity index (χ0) is 15.0. The maximum absolute atomic E-state index is 10.1. The van der Waals surface area contributed by atoms with Gasteiger partial charge < -0.3 is 10.4 Å². The van der Waals surface area contributed by atoms with Gasteiger partial charge in [0.15, 0.2) is 0 Å². The summed E-state index contributed by atoms with van der Waals surface area (Å²) in [4.78, 5) is 0. The molecule has 1 aromatic rings. The van der Waals surface area contributed by atoms with E-state index in [1.165, 1.54) is 0 Å². The van der Waals surface area contributed by atoms with Crippen LogP contribution in [0.3, 0.4) is 0 Å². The van der Waals surface area contributed by atoms with Crippen molar-refractivity contribution >= 4 is 0 Å². The van der Waals surface area contributed by atoms with Crippen molar-refractivity contribution in [1.82, 2.24) is 5.32 Å². The standard InChI is InChI=1S/C17H24N2O/c1-16(2)15(17(16,3)4)11-19-10-14(20)13-7-5-12(9-18)6-8-13/h5-8,14-15,19-20H,10-11H2,1-4H3. The second kappa shape index (κ2) is 5.20. The largest absolute Gasteiger partial charge is 0.387 e. The molecule has 1 unspecified atom stereocenters.